The largest absolute Gasteiger partial charge is 0.338 e. The van der Waals surface area contributed by atoms with Gasteiger partial charge in [-0.05, 0) is 45.0 Å². The van der Waals surface area contributed by atoms with Crippen LogP contribution in [0.25, 0.3) is 11.4 Å². The van der Waals surface area contributed by atoms with Crippen LogP contribution in [0.1, 0.15) is 35.9 Å². The predicted octanol–water partition coefficient (Wildman–Crippen LogP) is 3.15. The molecule has 3 aromatic rings. The Hall–Kier alpha value is -2.47. The van der Waals surface area contributed by atoms with Crippen LogP contribution in [0.2, 0.25) is 0 Å². The lowest BCUT2D eigenvalue weighted by Gasteiger charge is -2.30. The Kier molecular flexibility index (Phi) is 4.13. The van der Waals surface area contributed by atoms with E-state index in [9.17, 15) is 0 Å². The quantitative estimate of drug-likeness (QED) is 0.798. The molecule has 1 aliphatic rings. The number of hydrogen-bond donors (Lipinski definition) is 1. The van der Waals surface area contributed by atoms with Crippen molar-refractivity contribution in [3.63, 3.8) is 0 Å². The topological polar surface area (TPSA) is 70.8 Å². The maximum absolute atomic E-state index is 5.44. The Morgan fingerprint density at radius 3 is 2.88 bits per heavy atom. The molecule has 1 saturated heterocycles. The van der Waals surface area contributed by atoms with Crippen LogP contribution in [0.3, 0.4) is 0 Å². The number of aromatic amines is 1. The van der Waals surface area contributed by atoms with Gasteiger partial charge in [0.25, 0.3) is 0 Å². The minimum absolute atomic E-state index is 0.578. The van der Waals surface area contributed by atoms with E-state index in [1.165, 1.54) is 11.3 Å². The zero-order valence-electron chi connectivity index (χ0n) is 13.8. The second-order valence-corrected chi connectivity index (χ2v) is 6.44. The van der Waals surface area contributed by atoms with Crippen molar-refractivity contribution < 1.29 is 4.52 Å². The van der Waals surface area contributed by atoms with Crippen molar-refractivity contribution in [3.8, 4) is 11.4 Å². The maximum atomic E-state index is 5.44. The van der Waals surface area contributed by atoms with Crippen molar-refractivity contribution in [3.05, 3.63) is 53.7 Å². The summed E-state index contributed by atoms with van der Waals surface area (Å²) in [6.45, 7) is 4.85. The fraction of sp³-hybridized carbons (Fsp3) is 0.389. The number of nitrogens with zero attached hydrogens (tertiary/aromatic N) is 4. The van der Waals surface area contributed by atoms with Gasteiger partial charge in [-0.1, -0.05) is 28.9 Å². The van der Waals surface area contributed by atoms with Gasteiger partial charge in [0.15, 0.2) is 0 Å². The smallest absolute Gasteiger partial charge is 0.241 e. The number of likely N-dealkylation sites (tertiary alicyclic amines) is 1. The Balaban J connectivity index is 1.37. The van der Waals surface area contributed by atoms with Gasteiger partial charge in [0, 0.05) is 23.4 Å². The standard InChI is InChI=1S/C18H21N5O/c1-13-3-2-4-15(11-13)18-20-17(24-22-18)12-23-9-6-14(7-10-23)16-5-8-19-21-16/h2-5,8,11,14H,6-7,9-10,12H2,1H3,(H,19,21). The number of H-pyrrole nitrogens is 1. The Morgan fingerprint density at radius 1 is 1.25 bits per heavy atom. The van der Waals surface area contributed by atoms with Gasteiger partial charge in [-0.2, -0.15) is 10.1 Å². The highest BCUT2D eigenvalue weighted by Gasteiger charge is 2.23. The van der Waals surface area contributed by atoms with Crippen LogP contribution in [-0.2, 0) is 6.54 Å². The average molecular weight is 323 g/mol. The Bertz CT molecular complexity index is 787. The molecular formula is C18H21N5O. The molecule has 124 valence electrons. The summed E-state index contributed by atoms with van der Waals surface area (Å²) in [5.41, 5.74) is 3.44. The molecule has 0 saturated carbocycles. The molecule has 1 fully saturated rings. The number of aryl methyl sites for hydroxylation is 1. The first-order valence-corrected chi connectivity index (χ1v) is 8.39. The number of piperidine rings is 1. The summed E-state index contributed by atoms with van der Waals surface area (Å²) in [6.07, 6.45) is 4.08. The molecule has 0 unspecified atom stereocenters. The van der Waals surface area contributed by atoms with E-state index in [4.69, 9.17) is 4.52 Å². The van der Waals surface area contributed by atoms with Crippen LogP contribution in [0.15, 0.2) is 41.1 Å². The van der Waals surface area contributed by atoms with E-state index in [0.717, 1.165) is 31.5 Å². The number of nitrogens with one attached hydrogen (secondary N) is 1. The Morgan fingerprint density at radius 2 is 2.12 bits per heavy atom. The van der Waals surface area contributed by atoms with Crippen molar-refractivity contribution in [1.29, 1.82) is 0 Å². The van der Waals surface area contributed by atoms with Gasteiger partial charge in [0.2, 0.25) is 11.7 Å². The summed E-state index contributed by atoms with van der Waals surface area (Å²) in [5, 5.41) is 11.3. The third kappa shape index (κ3) is 3.23. The molecule has 4 rings (SSSR count). The molecule has 1 N–H and O–H groups in total. The van der Waals surface area contributed by atoms with Gasteiger partial charge in [0.1, 0.15) is 0 Å². The molecule has 6 nitrogen and oxygen atoms in total. The molecule has 0 radical (unpaired) electrons. The van der Waals surface area contributed by atoms with E-state index in [0.29, 0.717) is 24.2 Å². The summed E-state index contributed by atoms with van der Waals surface area (Å²) in [5.74, 6) is 1.93. The zero-order chi connectivity index (χ0) is 16.4. The van der Waals surface area contributed by atoms with Crippen molar-refractivity contribution >= 4 is 0 Å². The summed E-state index contributed by atoms with van der Waals surface area (Å²) in [6, 6.07) is 10.2. The summed E-state index contributed by atoms with van der Waals surface area (Å²) in [7, 11) is 0. The lowest BCUT2D eigenvalue weighted by Crippen LogP contribution is -2.32. The van der Waals surface area contributed by atoms with Crippen LogP contribution in [-0.4, -0.2) is 38.3 Å². The first-order valence-electron chi connectivity index (χ1n) is 8.39. The summed E-state index contributed by atoms with van der Waals surface area (Å²) >= 11 is 0. The lowest BCUT2D eigenvalue weighted by atomic mass is 9.94. The molecule has 1 aliphatic heterocycles. The number of rotatable bonds is 4. The van der Waals surface area contributed by atoms with Gasteiger partial charge in [0.05, 0.1) is 6.54 Å². The van der Waals surface area contributed by atoms with E-state index in [1.54, 1.807) is 0 Å². The summed E-state index contributed by atoms with van der Waals surface area (Å²) < 4.78 is 5.44. The van der Waals surface area contributed by atoms with Crippen LogP contribution >= 0.6 is 0 Å². The maximum Gasteiger partial charge on any atom is 0.241 e. The van der Waals surface area contributed by atoms with E-state index in [-0.39, 0.29) is 0 Å². The summed E-state index contributed by atoms with van der Waals surface area (Å²) in [4.78, 5) is 6.92. The first-order chi connectivity index (χ1) is 11.8. The number of aromatic nitrogens is 4. The van der Waals surface area contributed by atoms with E-state index >= 15 is 0 Å². The van der Waals surface area contributed by atoms with Crippen molar-refractivity contribution in [2.24, 2.45) is 0 Å². The predicted molar refractivity (Wildman–Crippen MR) is 90.3 cm³/mol. The normalized spacial score (nSPS) is 16.5. The fourth-order valence-electron chi connectivity index (χ4n) is 3.31. The molecule has 0 bridgehead atoms. The lowest BCUT2D eigenvalue weighted by molar-refractivity contribution is 0.180. The molecule has 0 amide bonds. The molecule has 2 aromatic heterocycles. The third-order valence-corrected chi connectivity index (χ3v) is 4.65. The minimum atomic E-state index is 0.578. The molecule has 0 atom stereocenters. The van der Waals surface area contributed by atoms with E-state index < -0.39 is 0 Å². The molecule has 0 spiro atoms. The monoisotopic (exact) mass is 323 g/mol. The zero-order valence-corrected chi connectivity index (χ0v) is 13.8. The third-order valence-electron chi connectivity index (χ3n) is 4.65. The first kappa shape index (κ1) is 15.1. The van der Waals surface area contributed by atoms with Gasteiger partial charge >= 0.3 is 0 Å². The van der Waals surface area contributed by atoms with Crippen molar-refractivity contribution in [1.82, 2.24) is 25.2 Å². The number of hydrogen-bond acceptors (Lipinski definition) is 5. The van der Waals surface area contributed by atoms with Gasteiger partial charge in [-0.25, -0.2) is 0 Å². The van der Waals surface area contributed by atoms with Crippen LogP contribution < -0.4 is 0 Å². The fourth-order valence-corrected chi connectivity index (χ4v) is 3.31. The highest BCUT2D eigenvalue weighted by molar-refractivity contribution is 5.55. The van der Waals surface area contributed by atoms with Gasteiger partial charge < -0.3 is 4.52 Å². The molecule has 1 aromatic carbocycles. The average Bonchev–Trinajstić information content (AvgIpc) is 3.27. The minimum Gasteiger partial charge on any atom is -0.338 e. The number of benzene rings is 1. The molecular weight excluding hydrogens is 302 g/mol. The van der Waals surface area contributed by atoms with Gasteiger partial charge in [-0.15, -0.1) is 0 Å². The van der Waals surface area contributed by atoms with Crippen molar-refractivity contribution in [2.75, 3.05) is 13.1 Å². The highest BCUT2D eigenvalue weighted by Crippen LogP contribution is 2.27. The van der Waals surface area contributed by atoms with Crippen LogP contribution in [0.4, 0.5) is 0 Å². The van der Waals surface area contributed by atoms with Crippen LogP contribution in [0.5, 0.6) is 0 Å². The molecule has 3 heterocycles. The van der Waals surface area contributed by atoms with Gasteiger partial charge in [-0.3, -0.25) is 10.00 Å². The molecule has 6 heteroatoms. The second kappa shape index (κ2) is 6.57. The van der Waals surface area contributed by atoms with E-state index in [2.05, 4.69) is 50.4 Å². The van der Waals surface area contributed by atoms with E-state index in [1.807, 2.05) is 18.3 Å². The van der Waals surface area contributed by atoms with Crippen LogP contribution in [0, 0.1) is 6.92 Å². The molecule has 0 aliphatic carbocycles. The van der Waals surface area contributed by atoms with Crippen molar-refractivity contribution in [2.45, 2.75) is 32.2 Å². The Labute approximate surface area is 140 Å². The highest BCUT2D eigenvalue weighted by atomic mass is 16.5. The second-order valence-electron chi connectivity index (χ2n) is 6.44. The molecule has 24 heavy (non-hydrogen) atoms. The SMILES string of the molecule is Cc1cccc(-c2noc(CN3CCC(c4ccn[nH]4)CC3)n2)c1.